The van der Waals surface area contributed by atoms with Crippen LogP contribution in [0.2, 0.25) is 0 Å². The molecule has 4 heteroatoms. The summed E-state index contributed by atoms with van der Waals surface area (Å²) >= 11 is 1.36. The largest absolute Gasteiger partial charge is 0.481 e. The minimum Gasteiger partial charge on any atom is -0.481 e. The minimum atomic E-state index is -0.981. The molecule has 0 saturated heterocycles. The maximum absolute atomic E-state index is 10.1. The Morgan fingerprint density at radius 3 is 2.91 bits per heavy atom. The van der Waals surface area contributed by atoms with Gasteiger partial charge in [-0.3, -0.25) is 4.79 Å². The summed E-state index contributed by atoms with van der Waals surface area (Å²) in [5.41, 5.74) is 0. The lowest BCUT2D eigenvalue weighted by molar-refractivity contribution is -0.139. The minimum absolute atomic E-state index is 0.222. The Kier molecular flexibility index (Phi) is 2.62. The van der Waals surface area contributed by atoms with Crippen molar-refractivity contribution in [3.05, 3.63) is 22.4 Å². The molecule has 0 saturated carbocycles. The summed E-state index contributed by atoms with van der Waals surface area (Å²) in [6, 6.07) is 3.50. The molecule has 0 bridgehead atoms. The lowest BCUT2D eigenvalue weighted by Crippen LogP contribution is -2.03. The summed E-state index contributed by atoms with van der Waals surface area (Å²) in [6.45, 7) is 0. The molecule has 0 aromatic carbocycles. The number of hydrogen-bond acceptors (Lipinski definition) is 3. The highest BCUT2D eigenvalue weighted by molar-refractivity contribution is 7.10. The van der Waals surface area contributed by atoms with Gasteiger partial charge >= 0.3 is 5.97 Å². The normalized spacial score (nSPS) is 12.8. The Balaban J connectivity index is 2.56. The van der Waals surface area contributed by atoms with Gasteiger partial charge in [0.1, 0.15) is 0 Å². The van der Waals surface area contributed by atoms with Crippen LogP contribution in [0.15, 0.2) is 17.5 Å². The average molecular weight is 172 g/mol. The first kappa shape index (κ1) is 8.23. The number of aliphatic hydroxyl groups is 1. The SMILES string of the molecule is O=C(O)C[C@H](O)c1cccs1. The van der Waals surface area contributed by atoms with Gasteiger partial charge < -0.3 is 10.2 Å². The molecule has 60 valence electrons. The maximum atomic E-state index is 10.1. The molecule has 0 radical (unpaired) electrons. The van der Waals surface area contributed by atoms with Crippen LogP contribution < -0.4 is 0 Å². The van der Waals surface area contributed by atoms with E-state index in [2.05, 4.69) is 0 Å². The molecule has 3 nitrogen and oxygen atoms in total. The number of hydrogen-bond donors (Lipinski definition) is 2. The van der Waals surface area contributed by atoms with Crippen LogP contribution in [0, 0.1) is 0 Å². The third-order valence-electron chi connectivity index (χ3n) is 1.24. The number of rotatable bonds is 3. The van der Waals surface area contributed by atoms with Gasteiger partial charge in [-0.1, -0.05) is 6.07 Å². The highest BCUT2D eigenvalue weighted by Crippen LogP contribution is 2.21. The fourth-order valence-electron chi connectivity index (χ4n) is 0.747. The van der Waals surface area contributed by atoms with Crippen LogP contribution in [0.4, 0.5) is 0 Å². The van der Waals surface area contributed by atoms with Gasteiger partial charge in [0.2, 0.25) is 0 Å². The van der Waals surface area contributed by atoms with E-state index in [0.717, 1.165) is 0 Å². The van der Waals surface area contributed by atoms with Gasteiger partial charge in [0.15, 0.2) is 0 Å². The summed E-state index contributed by atoms with van der Waals surface area (Å²) in [6.07, 6.45) is -1.08. The predicted molar refractivity (Wildman–Crippen MR) is 41.5 cm³/mol. The number of aliphatic carboxylic acids is 1. The molecule has 1 rings (SSSR count). The van der Waals surface area contributed by atoms with Crippen molar-refractivity contribution >= 4 is 17.3 Å². The molecule has 0 aliphatic carbocycles. The zero-order valence-electron chi connectivity index (χ0n) is 5.73. The molecule has 1 heterocycles. The first-order chi connectivity index (χ1) is 5.20. The number of carboxylic acids is 1. The number of carboxylic acid groups (broad SMARTS) is 1. The van der Waals surface area contributed by atoms with Crippen LogP contribution in [0.1, 0.15) is 17.4 Å². The van der Waals surface area contributed by atoms with Gasteiger partial charge in [0.25, 0.3) is 0 Å². The molecule has 0 aliphatic heterocycles. The van der Waals surface area contributed by atoms with Crippen molar-refractivity contribution < 1.29 is 15.0 Å². The van der Waals surface area contributed by atoms with E-state index in [1.165, 1.54) is 11.3 Å². The van der Waals surface area contributed by atoms with E-state index in [4.69, 9.17) is 5.11 Å². The first-order valence-electron chi connectivity index (χ1n) is 3.13. The van der Waals surface area contributed by atoms with Crippen LogP contribution in [0.5, 0.6) is 0 Å². The van der Waals surface area contributed by atoms with E-state index < -0.39 is 12.1 Å². The van der Waals surface area contributed by atoms with E-state index in [1.54, 1.807) is 17.5 Å². The van der Waals surface area contributed by atoms with E-state index in [1.807, 2.05) is 0 Å². The highest BCUT2D eigenvalue weighted by Gasteiger charge is 2.11. The topological polar surface area (TPSA) is 57.5 Å². The van der Waals surface area contributed by atoms with Crippen molar-refractivity contribution in [3.8, 4) is 0 Å². The molecule has 1 aromatic heterocycles. The average Bonchev–Trinajstić information content (AvgIpc) is 2.35. The lowest BCUT2D eigenvalue weighted by atomic mass is 10.2. The fourth-order valence-corrected chi connectivity index (χ4v) is 1.46. The van der Waals surface area contributed by atoms with Gasteiger partial charge in [0.05, 0.1) is 12.5 Å². The molecule has 1 aromatic rings. The summed E-state index contributed by atoms with van der Waals surface area (Å²) in [5.74, 6) is -0.981. The van der Waals surface area contributed by atoms with Gasteiger partial charge in [-0.2, -0.15) is 0 Å². The molecule has 1 atom stereocenters. The van der Waals surface area contributed by atoms with Gasteiger partial charge in [-0.15, -0.1) is 11.3 Å². The Morgan fingerprint density at radius 1 is 1.73 bits per heavy atom. The van der Waals surface area contributed by atoms with Gasteiger partial charge in [-0.05, 0) is 11.4 Å². The summed E-state index contributed by atoms with van der Waals surface area (Å²) in [5, 5.41) is 19.3. The number of thiophene rings is 1. The molecular weight excluding hydrogens is 164 g/mol. The molecule has 0 unspecified atom stereocenters. The Labute approximate surface area is 67.9 Å². The third kappa shape index (κ3) is 2.32. The lowest BCUT2D eigenvalue weighted by Gasteiger charge is -2.02. The molecule has 0 fully saturated rings. The first-order valence-corrected chi connectivity index (χ1v) is 4.01. The maximum Gasteiger partial charge on any atom is 0.306 e. The third-order valence-corrected chi connectivity index (χ3v) is 2.21. The second-order valence-electron chi connectivity index (χ2n) is 2.13. The second kappa shape index (κ2) is 3.50. The van der Waals surface area contributed by atoms with Crippen LogP contribution in [0.3, 0.4) is 0 Å². The van der Waals surface area contributed by atoms with Crippen LogP contribution in [-0.4, -0.2) is 16.2 Å². The van der Waals surface area contributed by atoms with E-state index in [0.29, 0.717) is 4.88 Å². The summed E-state index contributed by atoms with van der Waals surface area (Å²) < 4.78 is 0. The van der Waals surface area contributed by atoms with Crippen molar-refractivity contribution in [2.75, 3.05) is 0 Å². The van der Waals surface area contributed by atoms with Crippen LogP contribution >= 0.6 is 11.3 Å². The molecular formula is C7H8O3S. The number of aliphatic hydroxyl groups excluding tert-OH is 1. The smallest absolute Gasteiger partial charge is 0.306 e. The van der Waals surface area contributed by atoms with Crippen molar-refractivity contribution in [2.45, 2.75) is 12.5 Å². The highest BCUT2D eigenvalue weighted by atomic mass is 32.1. The summed E-state index contributed by atoms with van der Waals surface area (Å²) in [7, 11) is 0. The quantitative estimate of drug-likeness (QED) is 0.721. The van der Waals surface area contributed by atoms with Crippen molar-refractivity contribution in [2.24, 2.45) is 0 Å². The molecule has 0 spiro atoms. The van der Waals surface area contributed by atoms with Gasteiger partial charge in [0, 0.05) is 4.88 Å². The zero-order chi connectivity index (χ0) is 8.27. The van der Waals surface area contributed by atoms with Crippen molar-refractivity contribution in [1.82, 2.24) is 0 Å². The monoisotopic (exact) mass is 172 g/mol. The Hall–Kier alpha value is -0.870. The van der Waals surface area contributed by atoms with E-state index >= 15 is 0 Å². The standard InChI is InChI=1S/C7H8O3S/c8-5(4-7(9)10)6-2-1-3-11-6/h1-3,5,8H,4H2,(H,9,10)/t5-/m0/s1. The van der Waals surface area contributed by atoms with E-state index in [9.17, 15) is 9.90 Å². The zero-order valence-corrected chi connectivity index (χ0v) is 6.54. The molecule has 2 N–H and O–H groups in total. The number of carbonyl (C=O) groups is 1. The Bertz CT molecular complexity index is 230. The van der Waals surface area contributed by atoms with Crippen molar-refractivity contribution in [3.63, 3.8) is 0 Å². The van der Waals surface area contributed by atoms with Crippen LogP contribution in [0.25, 0.3) is 0 Å². The Morgan fingerprint density at radius 2 is 2.45 bits per heavy atom. The molecule has 0 amide bonds. The van der Waals surface area contributed by atoms with Gasteiger partial charge in [-0.25, -0.2) is 0 Å². The van der Waals surface area contributed by atoms with E-state index in [-0.39, 0.29) is 6.42 Å². The van der Waals surface area contributed by atoms with Crippen LogP contribution in [-0.2, 0) is 4.79 Å². The fraction of sp³-hybridized carbons (Fsp3) is 0.286. The second-order valence-corrected chi connectivity index (χ2v) is 3.11. The predicted octanol–water partition coefficient (Wildman–Crippen LogP) is 1.26. The molecule has 0 aliphatic rings. The molecule has 11 heavy (non-hydrogen) atoms. The van der Waals surface area contributed by atoms with Crippen molar-refractivity contribution in [1.29, 1.82) is 0 Å². The summed E-state index contributed by atoms with van der Waals surface area (Å²) in [4.78, 5) is 10.9.